The van der Waals surface area contributed by atoms with Crippen molar-refractivity contribution in [2.45, 2.75) is 26.2 Å². The normalized spacial score (nSPS) is 19.8. The fourth-order valence-corrected chi connectivity index (χ4v) is 2.69. The van der Waals surface area contributed by atoms with Gasteiger partial charge in [-0.15, -0.1) is 0 Å². The quantitative estimate of drug-likeness (QED) is 0.895. The van der Waals surface area contributed by atoms with E-state index in [1.54, 1.807) is 12.1 Å². The molecule has 1 aromatic rings. The lowest BCUT2D eigenvalue weighted by Crippen LogP contribution is -2.40. The molecule has 1 aromatic carbocycles. The molecule has 110 valence electrons. The second kappa shape index (κ2) is 7.39. The molecule has 1 aliphatic rings. The van der Waals surface area contributed by atoms with Crippen molar-refractivity contribution in [2.24, 2.45) is 5.92 Å². The second-order valence-corrected chi connectivity index (χ2v) is 5.70. The molecule has 1 heterocycles. The number of nitrogens with one attached hydrogen (secondary N) is 1. The number of benzene rings is 1. The Morgan fingerprint density at radius 2 is 2.15 bits per heavy atom. The summed E-state index contributed by atoms with van der Waals surface area (Å²) in [6, 6.07) is 6.08. The predicted octanol–water partition coefficient (Wildman–Crippen LogP) is 2.22. The van der Waals surface area contributed by atoms with Gasteiger partial charge >= 0.3 is 0 Å². The van der Waals surface area contributed by atoms with Gasteiger partial charge in [0.2, 0.25) is 5.91 Å². The van der Waals surface area contributed by atoms with Crippen LogP contribution in [-0.2, 0) is 11.2 Å². The van der Waals surface area contributed by atoms with Crippen molar-refractivity contribution in [3.63, 3.8) is 0 Å². The molecule has 4 heteroatoms. The zero-order valence-corrected chi connectivity index (χ0v) is 12.1. The van der Waals surface area contributed by atoms with E-state index in [0.717, 1.165) is 31.1 Å². The third kappa shape index (κ3) is 4.93. The number of amides is 1. The maximum absolute atomic E-state index is 12.8. The van der Waals surface area contributed by atoms with Gasteiger partial charge in [-0.1, -0.05) is 19.1 Å². The van der Waals surface area contributed by atoms with Crippen LogP contribution in [0.2, 0.25) is 0 Å². The third-order valence-electron chi connectivity index (χ3n) is 3.77. The average Bonchev–Trinajstić information content (AvgIpc) is 2.41. The van der Waals surface area contributed by atoms with Crippen LogP contribution in [0, 0.1) is 11.7 Å². The topological polar surface area (TPSA) is 32.3 Å². The smallest absolute Gasteiger partial charge is 0.224 e. The minimum atomic E-state index is -0.270. The highest BCUT2D eigenvalue weighted by atomic mass is 19.1. The van der Waals surface area contributed by atoms with Crippen LogP contribution in [0.15, 0.2) is 24.3 Å². The van der Waals surface area contributed by atoms with Crippen molar-refractivity contribution in [3.05, 3.63) is 35.6 Å². The summed E-state index contributed by atoms with van der Waals surface area (Å²) in [4.78, 5) is 14.2. The van der Waals surface area contributed by atoms with E-state index in [1.807, 2.05) is 0 Å². The number of hydrogen-bond acceptors (Lipinski definition) is 2. The fourth-order valence-electron chi connectivity index (χ4n) is 2.69. The molecule has 1 saturated heterocycles. The van der Waals surface area contributed by atoms with Crippen molar-refractivity contribution in [3.8, 4) is 0 Å². The Labute approximate surface area is 120 Å². The predicted molar refractivity (Wildman–Crippen MR) is 78.0 cm³/mol. The van der Waals surface area contributed by atoms with Crippen LogP contribution in [0.1, 0.15) is 25.3 Å². The molecular weight excluding hydrogens is 255 g/mol. The highest BCUT2D eigenvalue weighted by molar-refractivity contribution is 5.78. The number of likely N-dealkylation sites (tertiary alicyclic amines) is 1. The van der Waals surface area contributed by atoms with Crippen LogP contribution >= 0.6 is 0 Å². The van der Waals surface area contributed by atoms with E-state index in [0.29, 0.717) is 13.0 Å². The summed E-state index contributed by atoms with van der Waals surface area (Å²) in [5, 5.41) is 2.93. The van der Waals surface area contributed by atoms with E-state index in [1.165, 1.54) is 25.0 Å². The molecule has 0 saturated carbocycles. The summed E-state index contributed by atoms with van der Waals surface area (Å²) in [5.41, 5.74) is 0.843. The first-order chi connectivity index (χ1) is 9.63. The van der Waals surface area contributed by atoms with Crippen molar-refractivity contribution in [2.75, 3.05) is 26.2 Å². The van der Waals surface area contributed by atoms with Crippen LogP contribution in [0.4, 0.5) is 4.39 Å². The van der Waals surface area contributed by atoms with Gasteiger partial charge in [0.25, 0.3) is 0 Å². The van der Waals surface area contributed by atoms with E-state index < -0.39 is 0 Å². The van der Waals surface area contributed by atoms with E-state index in [-0.39, 0.29) is 11.7 Å². The van der Waals surface area contributed by atoms with E-state index >= 15 is 0 Å². The molecule has 1 aliphatic heterocycles. The number of rotatable bonds is 5. The highest BCUT2D eigenvalue weighted by Crippen LogP contribution is 2.14. The molecule has 3 nitrogen and oxygen atoms in total. The minimum absolute atomic E-state index is 0.00154. The van der Waals surface area contributed by atoms with Gasteiger partial charge in [-0.25, -0.2) is 4.39 Å². The molecule has 0 radical (unpaired) electrons. The lowest BCUT2D eigenvalue weighted by molar-refractivity contribution is -0.120. The molecule has 0 aromatic heterocycles. The standard InChI is InChI=1S/C16H23FN2O/c1-13-3-2-9-19(12-13)10-8-18-16(20)11-14-4-6-15(17)7-5-14/h4-7,13H,2-3,8-12H2,1H3,(H,18,20)/t13-/m1/s1. The molecular formula is C16H23FN2O. The highest BCUT2D eigenvalue weighted by Gasteiger charge is 2.15. The van der Waals surface area contributed by atoms with Crippen molar-refractivity contribution in [1.82, 2.24) is 10.2 Å². The van der Waals surface area contributed by atoms with Gasteiger partial charge in [-0.05, 0) is 43.0 Å². The second-order valence-electron chi connectivity index (χ2n) is 5.70. The van der Waals surface area contributed by atoms with Gasteiger partial charge in [-0.3, -0.25) is 4.79 Å². The van der Waals surface area contributed by atoms with Gasteiger partial charge in [0.15, 0.2) is 0 Å². The molecule has 0 spiro atoms. The molecule has 20 heavy (non-hydrogen) atoms. The molecule has 1 atom stereocenters. The maximum atomic E-state index is 12.8. The minimum Gasteiger partial charge on any atom is -0.355 e. The Kier molecular flexibility index (Phi) is 5.53. The van der Waals surface area contributed by atoms with Crippen LogP contribution < -0.4 is 5.32 Å². The summed E-state index contributed by atoms with van der Waals surface area (Å²) in [6.45, 7) is 6.15. The van der Waals surface area contributed by atoms with Crippen LogP contribution in [0.3, 0.4) is 0 Å². The first kappa shape index (κ1) is 15.0. The summed E-state index contributed by atoms with van der Waals surface area (Å²) in [5.74, 6) is 0.494. The van der Waals surface area contributed by atoms with Gasteiger partial charge in [0.05, 0.1) is 6.42 Å². The summed E-state index contributed by atoms with van der Waals surface area (Å²) in [7, 11) is 0. The number of nitrogens with zero attached hydrogens (tertiary/aromatic N) is 1. The van der Waals surface area contributed by atoms with Gasteiger partial charge in [-0.2, -0.15) is 0 Å². The molecule has 1 amide bonds. The van der Waals surface area contributed by atoms with Crippen molar-refractivity contribution < 1.29 is 9.18 Å². The maximum Gasteiger partial charge on any atom is 0.224 e. The molecule has 0 aliphatic carbocycles. The number of carbonyl (C=O) groups is 1. The lowest BCUT2D eigenvalue weighted by Gasteiger charge is -2.30. The monoisotopic (exact) mass is 278 g/mol. The average molecular weight is 278 g/mol. The summed E-state index contributed by atoms with van der Waals surface area (Å²) in [6.07, 6.45) is 2.88. The van der Waals surface area contributed by atoms with Gasteiger partial charge in [0.1, 0.15) is 5.82 Å². The van der Waals surface area contributed by atoms with Crippen LogP contribution in [0.25, 0.3) is 0 Å². The van der Waals surface area contributed by atoms with Gasteiger partial charge < -0.3 is 10.2 Å². The summed E-state index contributed by atoms with van der Waals surface area (Å²) >= 11 is 0. The summed E-state index contributed by atoms with van der Waals surface area (Å²) < 4.78 is 12.8. The largest absolute Gasteiger partial charge is 0.355 e. The van der Waals surface area contributed by atoms with E-state index in [4.69, 9.17) is 0 Å². The SMILES string of the molecule is C[C@@H]1CCCN(CCNC(=O)Cc2ccc(F)cc2)C1. The van der Waals surface area contributed by atoms with Crippen molar-refractivity contribution >= 4 is 5.91 Å². The Bertz CT molecular complexity index is 433. The Balaban J connectivity index is 1.66. The molecule has 1 N–H and O–H groups in total. The zero-order valence-electron chi connectivity index (χ0n) is 12.1. The molecule has 0 bridgehead atoms. The molecule has 0 unspecified atom stereocenters. The number of halogens is 1. The fraction of sp³-hybridized carbons (Fsp3) is 0.562. The van der Waals surface area contributed by atoms with Crippen LogP contribution in [0.5, 0.6) is 0 Å². The Morgan fingerprint density at radius 1 is 1.40 bits per heavy atom. The van der Waals surface area contributed by atoms with E-state index in [9.17, 15) is 9.18 Å². The van der Waals surface area contributed by atoms with Gasteiger partial charge in [0, 0.05) is 19.6 Å². The number of piperidine rings is 1. The third-order valence-corrected chi connectivity index (χ3v) is 3.77. The number of hydrogen-bond donors (Lipinski definition) is 1. The number of carbonyl (C=O) groups excluding carboxylic acids is 1. The zero-order chi connectivity index (χ0) is 14.4. The molecule has 2 rings (SSSR count). The molecule has 1 fully saturated rings. The first-order valence-electron chi connectivity index (χ1n) is 7.37. The van der Waals surface area contributed by atoms with Crippen molar-refractivity contribution in [1.29, 1.82) is 0 Å². The van der Waals surface area contributed by atoms with Crippen LogP contribution in [-0.4, -0.2) is 37.0 Å². The Morgan fingerprint density at radius 3 is 2.85 bits per heavy atom. The first-order valence-corrected chi connectivity index (χ1v) is 7.37. The van der Waals surface area contributed by atoms with E-state index in [2.05, 4.69) is 17.1 Å². The lowest BCUT2D eigenvalue weighted by atomic mass is 10.0. The Hall–Kier alpha value is -1.42.